The molecule has 0 heterocycles. The van der Waals surface area contributed by atoms with E-state index in [0.717, 1.165) is 29.7 Å². The summed E-state index contributed by atoms with van der Waals surface area (Å²) < 4.78 is 10.8. The van der Waals surface area contributed by atoms with Crippen molar-refractivity contribution >= 4 is 17.6 Å². The van der Waals surface area contributed by atoms with Gasteiger partial charge in [-0.15, -0.1) is 0 Å². The first-order chi connectivity index (χ1) is 14.9. The van der Waals surface area contributed by atoms with Gasteiger partial charge in [0.15, 0.2) is 6.61 Å². The van der Waals surface area contributed by atoms with Crippen LogP contribution in [0.2, 0.25) is 0 Å². The zero-order valence-electron chi connectivity index (χ0n) is 18.1. The molecule has 160 valence electrons. The highest BCUT2D eigenvalue weighted by Crippen LogP contribution is 2.19. The van der Waals surface area contributed by atoms with Crippen molar-refractivity contribution < 1.29 is 19.1 Å². The van der Waals surface area contributed by atoms with E-state index >= 15 is 0 Å². The van der Waals surface area contributed by atoms with Crippen LogP contribution in [0.25, 0.3) is 0 Å². The fourth-order valence-corrected chi connectivity index (χ4v) is 3.08. The highest BCUT2D eigenvalue weighted by Gasteiger charge is 2.10. The molecule has 0 saturated heterocycles. The van der Waals surface area contributed by atoms with E-state index in [4.69, 9.17) is 9.47 Å². The molecular formula is C26H27NO4. The van der Waals surface area contributed by atoms with Crippen LogP contribution in [0, 0.1) is 13.8 Å². The molecular weight excluding hydrogens is 390 g/mol. The molecule has 0 aliphatic carbocycles. The standard InChI is InChI=1S/C26H27NO4/c1-4-5-20-8-12-22(13-9-20)30-17-25(28)31-23-14-10-21(11-15-23)26(29)27-24-16-18(2)6-7-19(24)3/h6-16H,4-5,17H2,1-3H3,(H,27,29). The Morgan fingerprint density at radius 2 is 1.55 bits per heavy atom. The second-order valence-corrected chi connectivity index (χ2v) is 7.45. The summed E-state index contributed by atoms with van der Waals surface area (Å²) in [6, 6.07) is 20.0. The third kappa shape index (κ3) is 6.44. The van der Waals surface area contributed by atoms with Gasteiger partial charge in [0.1, 0.15) is 11.5 Å². The number of carbonyl (C=O) groups excluding carboxylic acids is 2. The first-order valence-electron chi connectivity index (χ1n) is 10.4. The Morgan fingerprint density at radius 1 is 0.871 bits per heavy atom. The highest BCUT2D eigenvalue weighted by atomic mass is 16.6. The van der Waals surface area contributed by atoms with Crippen molar-refractivity contribution in [3.05, 3.63) is 89.0 Å². The van der Waals surface area contributed by atoms with E-state index in [-0.39, 0.29) is 12.5 Å². The van der Waals surface area contributed by atoms with Crippen LogP contribution >= 0.6 is 0 Å². The summed E-state index contributed by atoms with van der Waals surface area (Å²) in [6.07, 6.45) is 2.10. The number of benzene rings is 3. The maximum Gasteiger partial charge on any atom is 0.349 e. The van der Waals surface area contributed by atoms with Crippen molar-refractivity contribution in [3.63, 3.8) is 0 Å². The second-order valence-electron chi connectivity index (χ2n) is 7.45. The lowest BCUT2D eigenvalue weighted by atomic mass is 10.1. The summed E-state index contributed by atoms with van der Waals surface area (Å²) in [5, 5.41) is 2.91. The first-order valence-corrected chi connectivity index (χ1v) is 10.4. The van der Waals surface area contributed by atoms with Crippen LogP contribution in [-0.4, -0.2) is 18.5 Å². The topological polar surface area (TPSA) is 64.6 Å². The Kier molecular flexibility index (Phi) is 7.44. The lowest BCUT2D eigenvalue weighted by Gasteiger charge is -2.10. The van der Waals surface area contributed by atoms with Crippen LogP contribution in [0.4, 0.5) is 5.69 Å². The minimum absolute atomic E-state index is 0.192. The van der Waals surface area contributed by atoms with E-state index in [1.165, 1.54) is 5.56 Å². The summed E-state index contributed by atoms with van der Waals surface area (Å²) >= 11 is 0. The molecule has 0 aromatic heterocycles. The maximum atomic E-state index is 12.5. The largest absolute Gasteiger partial charge is 0.482 e. The monoisotopic (exact) mass is 417 g/mol. The number of anilines is 1. The predicted molar refractivity (Wildman–Crippen MR) is 122 cm³/mol. The molecule has 0 spiro atoms. The molecule has 5 heteroatoms. The molecule has 3 aromatic rings. The van der Waals surface area contributed by atoms with Crippen LogP contribution < -0.4 is 14.8 Å². The van der Waals surface area contributed by atoms with Crippen LogP contribution in [-0.2, 0) is 11.2 Å². The van der Waals surface area contributed by atoms with Crippen molar-refractivity contribution in [1.29, 1.82) is 0 Å². The van der Waals surface area contributed by atoms with Crippen LogP contribution in [0.5, 0.6) is 11.5 Å². The summed E-state index contributed by atoms with van der Waals surface area (Å²) in [5.41, 5.74) is 4.55. The fraction of sp³-hybridized carbons (Fsp3) is 0.231. The molecule has 1 amide bonds. The van der Waals surface area contributed by atoms with Gasteiger partial charge >= 0.3 is 5.97 Å². The SMILES string of the molecule is CCCc1ccc(OCC(=O)Oc2ccc(C(=O)Nc3cc(C)ccc3C)cc2)cc1. The van der Waals surface area contributed by atoms with E-state index < -0.39 is 5.97 Å². The summed E-state index contributed by atoms with van der Waals surface area (Å²) in [7, 11) is 0. The Hall–Kier alpha value is -3.60. The fourth-order valence-electron chi connectivity index (χ4n) is 3.08. The molecule has 5 nitrogen and oxygen atoms in total. The Balaban J connectivity index is 1.51. The van der Waals surface area contributed by atoms with Gasteiger partial charge in [-0.1, -0.05) is 37.6 Å². The van der Waals surface area contributed by atoms with E-state index in [0.29, 0.717) is 17.1 Å². The maximum absolute atomic E-state index is 12.5. The van der Waals surface area contributed by atoms with Gasteiger partial charge in [0.25, 0.3) is 5.91 Å². The second kappa shape index (κ2) is 10.4. The number of ether oxygens (including phenoxy) is 2. The van der Waals surface area contributed by atoms with Crippen molar-refractivity contribution in [2.24, 2.45) is 0 Å². The Labute approximate surface area is 183 Å². The van der Waals surface area contributed by atoms with Gasteiger partial charge in [-0.2, -0.15) is 0 Å². The van der Waals surface area contributed by atoms with E-state index in [1.54, 1.807) is 24.3 Å². The smallest absolute Gasteiger partial charge is 0.349 e. The first kappa shape index (κ1) is 22.1. The van der Waals surface area contributed by atoms with E-state index in [2.05, 4.69) is 12.2 Å². The van der Waals surface area contributed by atoms with Gasteiger partial charge in [-0.05, 0) is 79.4 Å². The van der Waals surface area contributed by atoms with E-state index in [1.807, 2.05) is 56.3 Å². The average molecular weight is 418 g/mol. The molecule has 0 aliphatic rings. The molecule has 1 N–H and O–H groups in total. The van der Waals surface area contributed by atoms with Crippen LogP contribution in [0.1, 0.15) is 40.4 Å². The number of hydrogen-bond donors (Lipinski definition) is 1. The van der Waals surface area contributed by atoms with Gasteiger partial charge in [0.2, 0.25) is 0 Å². The van der Waals surface area contributed by atoms with Crippen molar-refractivity contribution in [2.45, 2.75) is 33.6 Å². The molecule has 0 fully saturated rings. The Morgan fingerprint density at radius 3 is 2.23 bits per heavy atom. The molecule has 0 unspecified atom stereocenters. The number of amides is 1. The van der Waals surface area contributed by atoms with Gasteiger partial charge in [0, 0.05) is 11.3 Å². The zero-order valence-corrected chi connectivity index (χ0v) is 18.1. The van der Waals surface area contributed by atoms with E-state index in [9.17, 15) is 9.59 Å². The third-order valence-corrected chi connectivity index (χ3v) is 4.81. The number of hydrogen-bond acceptors (Lipinski definition) is 4. The molecule has 0 bridgehead atoms. The highest BCUT2D eigenvalue weighted by molar-refractivity contribution is 6.04. The molecule has 3 rings (SSSR count). The average Bonchev–Trinajstić information content (AvgIpc) is 2.76. The van der Waals surface area contributed by atoms with Gasteiger partial charge in [-0.3, -0.25) is 4.79 Å². The number of esters is 1. The Bertz CT molecular complexity index is 1040. The number of nitrogens with one attached hydrogen (secondary N) is 1. The lowest BCUT2D eigenvalue weighted by Crippen LogP contribution is -2.18. The van der Waals surface area contributed by atoms with Crippen molar-refractivity contribution in [3.8, 4) is 11.5 Å². The minimum Gasteiger partial charge on any atom is -0.482 e. The number of rotatable bonds is 8. The van der Waals surface area contributed by atoms with Gasteiger partial charge < -0.3 is 14.8 Å². The molecule has 0 atom stereocenters. The normalized spacial score (nSPS) is 10.4. The molecule has 0 radical (unpaired) electrons. The van der Waals surface area contributed by atoms with Crippen LogP contribution in [0.3, 0.4) is 0 Å². The zero-order chi connectivity index (χ0) is 22.2. The lowest BCUT2D eigenvalue weighted by molar-refractivity contribution is -0.136. The molecule has 31 heavy (non-hydrogen) atoms. The minimum atomic E-state index is -0.509. The predicted octanol–water partition coefficient (Wildman–Crippen LogP) is 5.49. The van der Waals surface area contributed by atoms with Gasteiger partial charge in [-0.25, -0.2) is 4.79 Å². The van der Waals surface area contributed by atoms with Gasteiger partial charge in [0.05, 0.1) is 0 Å². The number of carbonyl (C=O) groups is 2. The quantitative estimate of drug-likeness (QED) is 0.389. The summed E-state index contributed by atoms with van der Waals surface area (Å²) in [4.78, 5) is 24.6. The number of aryl methyl sites for hydroxylation is 3. The summed E-state index contributed by atoms with van der Waals surface area (Å²) in [5.74, 6) is 0.247. The van der Waals surface area contributed by atoms with Crippen molar-refractivity contribution in [1.82, 2.24) is 0 Å². The summed E-state index contributed by atoms with van der Waals surface area (Å²) in [6.45, 7) is 5.86. The van der Waals surface area contributed by atoms with Crippen molar-refractivity contribution in [2.75, 3.05) is 11.9 Å². The molecule has 0 aliphatic heterocycles. The molecule has 3 aromatic carbocycles. The molecule has 0 saturated carbocycles. The van der Waals surface area contributed by atoms with Crippen LogP contribution in [0.15, 0.2) is 66.7 Å². The third-order valence-electron chi connectivity index (χ3n) is 4.81.